The first kappa shape index (κ1) is 17.7. The number of anilines is 3. The van der Waals surface area contributed by atoms with Gasteiger partial charge in [-0.05, 0) is 44.4 Å². The van der Waals surface area contributed by atoms with Crippen molar-refractivity contribution in [2.24, 2.45) is 0 Å². The molecule has 7 heteroatoms. The summed E-state index contributed by atoms with van der Waals surface area (Å²) in [5.41, 5.74) is 4.24. The van der Waals surface area contributed by atoms with Crippen LogP contribution in [0.5, 0.6) is 0 Å². The molecule has 2 aromatic rings. The van der Waals surface area contributed by atoms with Gasteiger partial charge in [-0.15, -0.1) is 0 Å². The van der Waals surface area contributed by atoms with Crippen LogP contribution in [-0.4, -0.2) is 43.0 Å². The van der Waals surface area contributed by atoms with Crippen LogP contribution < -0.4 is 10.2 Å². The first-order valence-electron chi connectivity index (χ1n) is 8.37. The summed E-state index contributed by atoms with van der Waals surface area (Å²) in [5.74, 6) is 1.67. The summed E-state index contributed by atoms with van der Waals surface area (Å²) in [4.78, 5) is 11.0. The highest BCUT2D eigenvalue weighted by Crippen LogP contribution is 2.25. The molecule has 25 heavy (non-hydrogen) atoms. The first-order valence-corrected chi connectivity index (χ1v) is 10.2. The summed E-state index contributed by atoms with van der Waals surface area (Å²) < 4.78 is 23.5. The summed E-state index contributed by atoms with van der Waals surface area (Å²) >= 11 is 0. The number of hydrogen-bond acceptors (Lipinski definition) is 6. The number of sulfone groups is 1. The fourth-order valence-corrected chi connectivity index (χ4v) is 4.82. The van der Waals surface area contributed by atoms with Gasteiger partial charge in [0.1, 0.15) is 5.82 Å². The van der Waals surface area contributed by atoms with Crippen molar-refractivity contribution in [3.05, 3.63) is 41.1 Å². The fraction of sp³-hybridized carbons (Fsp3) is 0.444. The Bertz CT molecular complexity index is 896. The van der Waals surface area contributed by atoms with Crippen LogP contribution in [0.4, 0.5) is 17.5 Å². The zero-order chi connectivity index (χ0) is 18.2. The van der Waals surface area contributed by atoms with Crippen LogP contribution in [0.15, 0.2) is 24.3 Å². The first-order chi connectivity index (χ1) is 11.7. The Labute approximate surface area is 149 Å². The molecule has 134 valence electrons. The maximum Gasteiger partial charge on any atom is 0.227 e. The Kier molecular flexibility index (Phi) is 4.69. The van der Waals surface area contributed by atoms with Crippen molar-refractivity contribution in [2.45, 2.75) is 33.2 Å². The van der Waals surface area contributed by atoms with Crippen molar-refractivity contribution in [2.75, 3.05) is 28.8 Å². The van der Waals surface area contributed by atoms with E-state index in [2.05, 4.69) is 35.2 Å². The van der Waals surface area contributed by atoms with Crippen molar-refractivity contribution in [3.8, 4) is 0 Å². The molecule has 0 radical (unpaired) electrons. The molecule has 1 atom stereocenters. The van der Waals surface area contributed by atoms with Crippen LogP contribution >= 0.6 is 0 Å². The molecule has 0 bridgehead atoms. The van der Waals surface area contributed by atoms with Crippen LogP contribution in [0.1, 0.15) is 23.2 Å². The summed E-state index contributed by atoms with van der Waals surface area (Å²) in [6.45, 7) is 6.06. The van der Waals surface area contributed by atoms with Gasteiger partial charge in [0.15, 0.2) is 9.84 Å². The number of rotatable bonds is 4. The van der Waals surface area contributed by atoms with Crippen molar-refractivity contribution < 1.29 is 8.42 Å². The van der Waals surface area contributed by atoms with E-state index in [1.807, 2.05) is 37.1 Å². The van der Waals surface area contributed by atoms with Crippen molar-refractivity contribution >= 4 is 27.3 Å². The lowest BCUT2D eigenvalue weighted by Crippen LogP contribution is -2.34. The van der Waals surface area contributed by atoms with Gasteiger partial charge in [-0.3, -0.25) is 0 Å². The lowest BCUT2D eigenvalue weighted by atomic mass is 10.1. The van der Waals surface area contributed by atoms with Crippen LogP contribution in [0, 0.1) is 20.8 Å². The minimum atomic E-state index is -2.94. The molecule has 0 amide bonds. The third kappa shape index (κ3) is 3.92. The number of hydrogen-bond donors (Lipinski definition) is 1. The van der Waals surface area contributed by atoms with E-state index in [0.29, 0.717) is 18.2 Å². The van der Waals surface area contributed by atoms with E-state index in [9.17, 15) is 8.42 Å². The van der Waals surface area contributed by atoms with Crippen LogP contribution in [0.3, 0.4) is 0 Å². The average Bonchev–Trinajstić information content (AvgIpc) is 2.90. The third-order valence-corrected chi connectivity index (χ3v) is 6.53. The molecule has 1 N–H and O–H groups in total. The molecule has 1 fully saturated rings. The van der Waals surface area contributed by atoms with Gasteiger partial charge in [-0.1, -0.05) is 12.1 Å². The van der Waals surface area contributed by atoms with Gasteiger partial charge >= 0.3 is 0 Å². The fourth-order valence-electron chi connectivity index (χ4n) is 3.04. The standard InChI is InChI=1S/C18H24N4O2S/c1-12-6-5-7-16(14(12)3)20-17-10-13(2)19-18(21-17)22(4)15-8-9-25(23,24)11-15/h5-7,10,15H,8-9,11H2,1-4H3,(H,19,20,21). The molecule has 1 saturated heterocycles. The third-order valence-electron chi connectivity index (χ3n) is 4.78. The van der Waals surface area contributed by atoms with Gasteiger partial charge in [0.2, 0.25) is 5.95 Å². The normalized spacial score (nSPS) is 19.0. The molecule has 6 nitrogen and oxygen atoms in total. The number of aromatic nitrogens is 2. The number of nitrogens with zero attached hydrogens (tertiary/aromatic N) is 3. The van der Waals surface area contributed by atoms with Crippen LogP contribution in [0.25, 0.3) is 0 Å². The molecule has 1 aliphatic heterocycles. The second-order valence-corrected chi connectivity index (χ2v) is 8.96. The molecular formula is C18H24N4O2S. The summed E-state index contributed by atoms with van der Waals surface area (Å²) in [6, 6.07) is 7.93. The Morgan fingerprint density at radius 1 is 1.20 bits per heavy atom. The highest BCUT2D eigenvalue weighted by molar-refractivity contribution is 7.91. The van der Waals surface area contributed by atoms with Crippen molar-refractivity contribution in [3.63, 3.8) is 0 Å². The van der Waals surface area contributed by atoms with E-state index in [-0.39, 0.29) is 17.5 Å². The second kappa shape index (κ2) is 6.63. The molecule has 1 aromatic carbocycles. The maximum atomic E-state index is 11.7. The highest BCUT2D eigenvalue weighted by Gasteiger charge is 2.31. The minimum Gasteiger partial charge on any atom is -0.340 e. The van der Waals surface area contributed by atoms with Gasteiger partial charge in [-0.25, -0.2) is 13.4 Å². The number of benzene rings is 1. The lowest BCUT2D eigenvalue weighted by Gasteiger charge is -2.24. The summed E-state index contributed by atoms with van der Waals surface area (Å²) in [7, 11) is -1.08. The van der Waals surface area contributed by atoms with E-state index in [1.165, 1.54) is 11.1 Å². The molecule has 0 saturated carbocycles. The monoisotopic (exact) mass is 360 g/mol. The predicted molar refractivity (Wildman–Crippen MR) is 101 cm³/mol. The van der Waals surface area contributed by atoms with E-state index < -0.39 is 9.84 Å². The van der Waals surface area contributed by atoms with E-state index in [0.717, 1.165) is 11.4 Å². The Morgan fingerprint density at radius 3 is 2.64 bits per heavy atom. The second-order valence-electron chi connectivity index (χ2n) is 6.73. The molecule has 0 aliphatic carbocycles. The molecule has 1 aliphatic rings. The molecule has 0 spiro atoms. The van der Waals surface area contributed by atoms with E-state index in [1.54, 1.807) is 0 Å². The zero-order valence-corrected chi connectivity index (χ0v) is 15.9. The number of aryl methyl sites for hydroxylation is 2. The predicted octanol–water partition coefficient (Wildman–Crippen LogP) is 2.77. The van der Waals surface area contributed by atoms with Crippen molar-refractivity contribution in [1.82, 2.24) is 9.97 Å². The Morgan fingerprint density at radius 2 is 1.96 bits per heavy atom. The topological polar surface area (TPSA) is 75.2 Å². The highest BCUT2D eigenvalue weighted by atomic mass is 32.2. The van der Waals surface area contributed by atoms with Crippen molar-refractivity contribution in [1.29, 1.82) is 0 Å². The largest absolute Gasteiger partial charge is 0.340 e. The number of nitrogens with one attached hydrogen (secondary N) is 1. The van der Waals surface area contributed by atoms with Gasteiger partial charge in [0.25, 0.3) is 0 Å². The molecule has 1 aromatic heterocycles. The molecular weight excluding hydrogens is 336 g/mol. The SMILES string of the molecule is Cc1cc(Nc2cccc(C)c2C)nc(N(C)C2CCS(=O)(=O)C2)n1. The average molecular weight is 360 g/mol. The molecule has 2 heterocycles. The van der Waals surface area contributed by atoms with E-state index >= 15 is 0 Å². The maximum absolute atomic E-state index is 11.7. The smallest absolute Gasteiger partial charge is 0.227 e. The zero-order valence-electron chi connectivity index (χ0n) is 15.1. The van der Waals surface area contributed by atoms with Gasteiger partial charge in [-0.2, -0.15) is 4.98 Å². The van der Waals surface area contributed by atoms with Gasteiger partial charge in [0, 0.05) is 30.5 Å². The summed E-state index contributed by atoms with van der Waals surface area (Å²) in [6.07, 6.45) is 0.621. The summed E-state index contributed by atoms with van der Waals surface area (Å²) in [5, 5.41) is 3.36. The quantitative estimate of drug-likeness (QED) is 0.904. The van der Waals surface area contributed by atoms with Gasteiger partial charge < -0.3 is 10.2 Å². The molecule has 1 unspecified atom stereocenters. The Hall–Kier alpha value is -2.15. The molecule has 3 rings (SSSR count). The van der Waals surface area contributed by atoms with E-state index in [4.69, 9.17) is 0 Å². The lowest BCUT2D eigenvalue weighted by molar-refractivity contribution is 0.600. The Balaban J connectivity index is 1.87. The van der Waals surface area contributed by atoms with Crippen LogP contribution in [0.2, 0.25) is 0 Å². The minimum absolute atomic E-state index is 0.0691. The van der Waals surface area contributed by atoms with Crippen LogP contribution in [-0.2, 0) is 9.84 Å². The van der Waals surface area contributed by atoms with Gasteiger partial charge in [0.05, 0.1) is 11.5 Å².